The van der Waals surface area contributed by atoms with Crippen LogP contribution in [0.2, 0.25) is 0 Å². The Morgan fingerprint density at radius 1 is 1.02 bits per heavy atom. The standard InChI is InChI=1S/C28H22F4N4O4/c29-19-3-1-2-16(12-19)15-33-27(39)36-24(17-4-5-17)14-23(35-36)22-11-8-20(13-25(22)37)34-26(38)18-6-9-21(10-7-18)40-28(30,31)32/h1-3,6-14,17,37H,4-5,15H2,(H,33,39)(H,34,38). The molecule has 0 saturated heterocycles. The number of rotatable bonds is 7. The van der Waals surface area contributed by atoms with Gasteiger partial charge < -0.3 is 20.5 Å². The average Bonchev–Trinajstić information content (AvgIpc) is 3.65. The van der Waals surface area contributed by atoms with Gasteiger partial charge in [0.25, 0.3) is 5.91 Å². The van der Waals surface area contributed by atoms with E-state index in [-0.39, 0.29) is 29.5 Å². The first-order valence-electron chi connectivity index (χ1n) is 12.2. The van der Waals surface area contributed by atoms with E-state index < -0.39 is 29.9 Å². The van der Waals surface area contributed by atoms with Gasteiger partial charge in [0.2, 0.25) is 0 Å². The second-order valence-electron chi connectivity index (χ2n) is 9.19. The van der Waals surface area contributed by atoms with Gasteiger partial charge in [-0.2, -0.15) is 9.78 Å². The maximum Gasteiger partial charge on any atom is 0.573 e. The van der Waals surface area contributed by atoms with E-state index in [0.717, 1.165) is 25.0 Å². The van der Waals surface area contributed by atoms with Crippen LogP contribution in [0.15, 0.2) is 72.8 Å². The Bertz CT molecular complexity index is 1560. The lowest BCUT2D eigenvalue weighted by Gasteiger charge is -2.10. The van der Waals surface area contributed by atoms with Crippen molar-refractivity contribution in [2.75, 3.05) is 5.32 Å². The predicted molar refractivity (Wildman–Crippen MR) is 136 cm³/mol. The molecule has 3 N–H and O–H groups in total. The van der Waals surface area contributed by atoms with Crippen LogP contribution in [0.25, 0.3) is 11.3 Å². The van der Waals surface area contributed by atoms with Gasteiger partial charge in [0, 0.05) is 35.3 Å². The molecular weight excluding hydrogens is 532 g/mol. The van der Waals surface area contributed by atoms with Crippen LogP contribution in [-0.4, -0.2) is 33.2 Å². The van der Waals surface area contributed by atoms with Gasteiger partial charge in [-0.15, -0.1) is 13.2 Å². The van der Waals surface area contributed by atoms with Crippen LogP contribution in [0.4, 0.5) is 28.0 Å². The van der Waals surface area contributed by atoms with Crippen LogP contribution in [0.3, 0.4) is 0 Å². The number of anilines is 1. The molecule has 12 heteroatoms. The van der Waals surface area contributed by atoms with Crippen molar-refractivity contribution in [2.24, 2.45) is 0 Å². The van der Waals surface area contributed by atoms with E-state index in [4.69, 9.17) is 0 Å². The maximum atomic E-state index is 13.5. The number of phenols is 1. The minimum absolute atomic E-state index is 0.0789. The summed E-state index contributed by atoms with van der Waals surface area (Å²) in [5, 5.41) is 20.4. The number of aromatic hydroxyl groups is 1. The molecule has 0 atom stereocenters. The van der Waals surface area contributed by atoms with Gasteiger partial charge in [-0.1, -0.05) is 12.1 Å². The normalized spacial score (nSPS) is 13.1. The molecule has 1 saturated carbocycles. The summed E-state index contributed by atoms with van der Waals surface area (Å²) in [4.78, 5) is 25.4. The summed E-state index contributed by atoms with van der Waals surface area (Å²) in [5.41, 5.74) is 2.26. The lowest BCUT2D eigenvalue weighted by molar-refractivity contribution is -0.274. The molecule has 2 amide bonds. The van der Waals surface area contributed by atoms with Gasteiger partial charge in [0.05, 0.1) is 11.4 Å². The van der Waals surface area contributed by atoms with Crippen molar-refractivity contribution < 1.29 is 37.0 Å². The third-order valence-corrected chi connectivity index (χ3v) is 6.14. The number of aromatic nitrogens is 2. The Labute approximate surface area is 225 Å². The van der Waals surface area contributed by atoms with Crippen LogP contribution in [0, 0.1) is 5.82 Å². The van der Waals surface area contributed by atoms with E-state index in [9.17, 15) is 32.3 Å². The first-order valence-corrected chi connectivity index (χ1v) is 12.2. The molecule has 206 valence electrons. The molecule has 1 aliphatic rings. The SMILES string of the molecule is O=C(Nc1ccc(-c2cc(C3CC3)n(C(=O)NCc3cccc(F)c3)n2)c(O)c1)c1ccc(OC(F)(F)F)cc1. The van der Waals surface area contributed by atoms with Crippen LogP contribution < -0.4 is 15.4 Å². The summed E-state index contributed by atoms with van der Waals surface area (Å²) >= 11 is 0. The van der Waals surface area contributed by atoms with Crippen LogP contribution in [0.5, 0.6) is 11.5 Å². The van der Waals surface area contributed by atoms with Crippen molar-refractivity contribution in [1.82, 2.24) is 15.1 Å². The number of alkyl halides is 3. The van der Waals surface area contributed by atoms with E-state index in [1.54, 1.807) is 18.2 Å². The highest BCUT2D eigenvalue weighted by Crippen LogP contribution is 2.42. The highest BCUT2D eigenvalue weighted by atomic mass is 19.4. The molecule has 0 aliphatic heterocycles. The van der Waals surface area contributed by atoms with Crippen molar-refractivity contribution in [3.8, 4) is 22.8 Å². The lowest BCUT2D eigenvalue weighted by atomic mass is 10.1. The van der Waals surface area contributed by atoms with Crippen molar-refractivity contribution in [1.29, 1.82) is 0 Å². The van der Waals surface area contributed by atoms with Crippen LogP contribution >= 0.6 is 0 Å². The summed E-state index contributed by atoms with van der Waals surface area (Å²) in [6.07, 6.45) is -3.06. The summed E-state index contributed by atoms with van der Waals surface area (Å²) in [5.74, 6) is -1.54. The molecule has 0 radical (unpaired) electrons. The molecule has 1 heterocycles. The second-order valence-corrected chi connectivity index (χ2v) is 9.19. The van der Waals surface area contributed by atoms with Crippen molar-refractivity contribution >= 4 is 17.6 Å². The number of halogens is 4. The quantitative estimate of drug-likeness (QED) is 0.237. The van der Waals surface area contributed by atoms with Gasteiger partial charge in [-0.25, -0.2) is 9.18 Å². The topological polar surface area (TPSA) is 105 Å². The minimum atomic E-state index is -4.84. The predicted octanol–water partition coefficient (Wildman–Crippen LogP) is 6.18. The lowest BCUT2D eigenvalue weighted by Crippen LogP contribution is -2.30. The van der Waals surface area contributed by atoms with Crippen molar-refractivity contribution in [3.05, 3.63) is 95.4 Å². The number of nitrogens with zero attached hydrogens (tertiary/aromatic N) is 2. The molecule has 0 unspecified atom stereocenters. The van der Waals surface area contributed by atoms with Crippen LogP contribution in [-0.2, 0) is 6.54 Å². The number of carbonyl (C=O) groups is 2. The number of carbonyl (C=O) groups excluding carboxylic acids is 2. The Kier molecular flexibility index (Phi) is 7.16. The third-order valence-electron chi connectivity index (χ3n) is 6.14. The fraction of sp³-hybridized carbons (Fsp3) is 0.179. The fourth-order valence-electron chi connectivity index (χ4n) is 4.10. The Hall–Kier alpha value is -4.87. The van der Waals surface area contributed by atoms with Gasteiger partial charge in [-0.3, -0.25) is 4.79 Å². The monoisotopic (exact) mass is 554 g/mol. The molecule has 40 heavy (non-hydrogen) atoms. The summed E-state index contributed by atoms with van der Waals surface area (Å²) < 4.78 is 55.5. The summed E-state index contributed by atoms with van der Waals surface area (Å²) in [6.45, 7) is 0.105. The molecule has 1 fully saturated rings. The number of hydrogen-bond donors (Lipinski definition) is 3. The van der Waals surface area contributed by atoms with E-state index in [1.807, 2.05) is 0 Å². The number of phenolic OH excluding ortho intramolecular Hbond substituents is 1. The molecule has 8 nitrogen and oxygen atoms in total. The zero-order valence-corrected chi connectivity index (χ0v) is 20.7. The molecule has 5 rings (SSSR count). The highest BCUT2D eigenvalue weighted by molar-refractivity contribution is 6.04. The van der Waals surface area contributed by atoms with Gasteiger partial charge in [0.1, 0.15) is 17.3 Å². The van der Waals surface area contributed by atoms with Gasteiger partial charge >= 0.3 is 12.4 Å². The molecule has 1 aromatic heterocycles. The van der Waals surface area contributed by atoms with Crippen molar-refractivity contribution in [2.45, 2.75) is 31.7 Å². The summed E-state index contributed by atoms with van der Waals surface area (Å²) in [6, 6.07) is 15.8. The summed E-state index contributed by atoms with van der Waals surface area (Å²) in [7, 11) is 0. The van der Waals surface area contributed by atoms with E-state index in [2.05, 4.69) is 20.5 Å². The smallest absolute Gasteiger partial charge is 0.507 e. The van der Waals surface area contributed by atoms with Crippen LogP contribution in [0.1, 0.15) is 40.4 Å². The number of amides is 2. The average molecular weight is 555 g/mol. The zero-order chi connectivity index (χ0) is 28.4. The Balaban J connectivity index is 1.29. The van der Waals surface area contributed by atoms with Gasteiger partial charge in [-0.05, 0) is 73.0 Å². The Morgan fingerprint density at radius 2 is 1.77 bits per heavy atom. The minimum Gasteiger partial charge on any atom is -0.507 e. The van der Waals surface area contributed by atoms with E-state index >= 15 is 0 Å². The highest BCUT2D eigenvalue weighted by Gasteiger charge is 2.32. The number of benzene rings is 3. The number of ether oxygens (including phenoxy) is 1. The molecule has 0 spiro atoms. The zero-order valence-electron chi connectivity index (χ0n) is 20.7. The fourth-order valence-corrected chi connectivity index (χ4v) is 4.10. The maximum absolute atomic E-state index is 13.5. The molecule has 3 aromatic carbocycles. The first-order chi connectivity index (χ1) is 19.1. The first kappa shape index (κ1) is 26.7. The second kappa shape index (κ2) is 10.7. The molecular formula is C28H22F4N4O4. The number of hydrogen-bond acceptors (Lipinski definition) is 5. The van der Waals surface area contributed by atoms with Gasteiger partial charge in [0.15, 0.2) is 0 Å². The molecule has 4 aromatic rings. The van der Waals surface area contributed by atoms with E-state index in [0.29, 0.717) is 22.5 Å². The Morgan fingerprint density at radius 3 is 2.42 bits per heavy atom. The third kappa shape index (κ3) is 6.40. The largest absolute Gasteiger partial charge is 0.573 e. The van der Waals surface area contributed by atoms with Crippen molar-refractivity contribution in [3.63, 3.8) is 0 Å². The van der Waals surface area contributed by atoms with E-state index in [1.165, 1.54) is 47.1 Å². The molecule has 1 aliphatic carbocycles. The number of nitrogens with one attached hydrogen (secondary N) is 2. The molecule has 0 bridgehead atoms.